The molecule has 0 spiro atoms. The molecule has 5 heteroatoms. The van der Waals surface area contributed by atoms with Gasteiger partial charge >= 0.3 is 0 Å². The molecule has 4 nitrogen and oxygen atoms in total. The highest BCUT2D eigenvalue weighted by Gasteiger charge is 2.26. The maximum Gasteiger partial charge on any atom is 0.230 e. The fourth-order valence-electron chi connectivity index (χ4n) is 2.78. The second-order valence-electron chi connectivity index (χ2n) is 5.27. The molecule has 0 radical (unpaired) electrons. The van der Waals surface area contributed by atoms with Gasteiger partial charge in [0.15, 0.2) is 0 Å². The molecule has 0 amide bonds. The normalized spacial score (nSPS) is 22.9. The van der Waals surface area contributed by atoms with Crippen molar-refractivity contribution >= 4 is 0 Å². The van der Waals surface area contributed by atoms with Crippen LogP contribution < -0.4 is 5.32 Å². The number of nitrogens with one attached hydrogen (secondary N) is 1. The number of aromatic nitrogens is 2. The summed E-state index contributed by atoms with van der Waals surface area (Å²) in [6.07, 6.45) is 4.28. The number of halogens is 1. The lowest BCUT2D eigenvalue weighted by Crippen LogP contribution is -2.29. The molecule has 1 aromatic carbocycles. The first-order valence-corrected chi connectivity index (χ1v) is 7.03. The molecule has 3 rings (SSSR count). The minimum atomic E-state index is -0.321. The topological polar surface area (TPSA) is 51.0 Å². The van der Waals surface area contributed by atoms with Crippen LogP contribution >= 0.6 is 0 Å². The van der Waals surface area contributed by atoms with Crippen LogP contribution in [0.5, 0.6) is 0 Å². The summed E-state index contributed by atoms with van der Waals surface area (Å²) in [5.74, 6) is 0.956. The van der Waals surface area contributed by atoms with Gasteiger partial charge in [0.2, 0.25) is 11.7 Å². The summed E-state index contributed by atoms with van der Waals surface area (Å²) >= 11 is 0. The highest BCUT2D eigenvalue weighted by molar-refractivity contribution is 5.54. The summed E-state index contributed by atoms with van der Waals surface area (Å²) in [6, 6.07) is 7.08. The van der Waals surface area contributed by atoms with Crippen LogP contribution in [0.15, 0.2) is 28.8 Å². The SMILES string of the molecule is CNC1CCC(c2nc(-c3ccccc3F)no2)CC1. The van der Waals surface area contributed by atoms with E-state index in [0.717, 1.165) is 25.7 Å². The van der Waals surface area contributed by atoms with E-state index in [-0.39, 0.29) is 5.82 Å². The van der Waals surface area contributed by atoms with Crippen molar-refractivity contribution in [2.75, 3.05) is 7.05 Å². The standard InChI is InChI=1S/C15H18FN3O/c1-17-11-8-6-10(7-9-11)15-18-14(19-20-15)12-4-2-3-5-13(12)16/h2-5,10-11,17H,6-9H2,1H3. The van der Waals surface area contributed by atoms with Gasteiger partial charge in [0.05, 0.1) is 5.56 Å². The molecule has 0 unspecified atom stereocenters. The highest BCUT2D eigenvalue weighted by Crippen LogP contribution is 2.33. The Labute approximate surface area is 117 Å². The lowest BCUT2D eigenvalue weighted by Gasteiger charge is -2.25. The van der Waals surface area contributed by atoms with E-state index < -0.39 is 0 Å². The quantitative estimate of drug-likeness (QED) is 0.935. The Morgan fingerprint density at radius 1 is 1.20 bits per heavy atom. The molecule has 1 N–H and O–H groups in total. The molecular formula is C15H18FN3O. The van der Waals surface area contributed by atoms with E-state index in [2.05, 4.69) is 15.5 Å². The molecule has 0 bridgehead atoms. The monoisotopic (exact) mass is 275 g/mol. The molecule has 2 aromatic rings. The molecular weight excluding hydrogens is 257 g/mol. The Balaban J connectivity index is 1.76. The van der Waals surface area contributed by atoms with Crippen molar-refractivity contribution in [1.82, 2.24) is 15.5 Å². The first-order chi connectivity index (χ1) is 9.78. The summed E-state index contributed by atoms with van der Waals surface area (Å²) in [7, 11) is 1.99. The molecule has 0 saturated heterocycles. The molecule has 20 heavy (non-hydrogen) atoms. The van der Waals surface area contributed by atoms with Crippen LogP contribution in [0, 0.1) is 5.82 Å². The van der Waals surface area contributed by atoms with E-state index in [9.17, 15) is 4.39 Å². The molecule has 1 aliphatic carbocycles. The summed E-state index contributed by atoms with van der Waals surface area (Å²) in [4.78, 5) is 4.38. The molecule has 1 heterocycles. The van der Waals surface area contributed by atoms with Crippen LogP contribution in [0.4, 0.5) is 4.39 Å². The van der Waals surface area contributed by atoms with Crippen molar-refractivity contribution < 1.29 is 8.91 Å². The van der Waals surface area contributed by atoms with E-state index in [4.69, 9.17) is 4.52 Å². The number of hydrogen-bond donors (Lipinski definition) is 1. The van der Waals surface area contributed by atoms with Crippen molar-refractivity contribution in [3.05, 3.63) is 36.0 Å². The van der Waals surface area contributed by atoms with Gasteiger partial charge in [-0.05, 0) is 44.9 Å². The average Bonchev–Trinajstić information content (AvgIpc) is 2.97. The third-order valence-corrected chi connectivity index (χ3v) is 4.04. The maximum atomic E-state index is 13.7. The summed E-state index contributed by atoms with van der Waals surface area (Å²) in [5, 5.41) is 7.22. The van der Waals surface area contributed by atoms with Crippen LogP contribution in [-0.4, -0.2) is 23.2 Å². The van der Waals surface area contributed by atoms with Gasteiger partial charge in [0, 0.05) is 12.0 Å². The minimum absolute atomic E-state index is 0.299. The van der Waals surface area contributed by atoms with Gasteiger partial charge in [-0.1, -0.05) is 17.3 Å². The molecule has 0 aliphatic heterocycles. The van der Waals surface area contributed by atoms with Crippen LogP contribution in [0.3, 0.4) is 0 Å². The van der Waals surface area contributed by atoms with Crippen molar-refractivity contribution in [2.45, 2.75) is 37.6 Å². The molecule has 1 aliphatic rings. The minimum Gasteiger partial charge on any atom is -0.339 e. The maximum absolute atomic E-state index is 13.7. The fourth-order valence-corrected chi connectivity index (χ4v) is 2.78. The van der Waals surface area contributed by atoms with Crippen LogP contribution in [0.25, 0.3) is 11.4 Å². The number of hydrogen-bond acceptors (Lipinski definition) is 4. The zero-order valence-electron chi connectivity index (χ0n) is 11.5. The van der Waals surface area contributed by atoms with Crippen LogP contribution in [0.2, 0.25) is 0 Å². The van der Waals surface area contributed by atoms with Gasteiger partial charge in [0.25, 0.3) is 0 Å². The van der Waals surface area contributed by atoms with E-state index in [1.165, 1.54) is 6.07 Å². The molecule has 106 valence electrons. The Bertz CT molecular complexity index is 576. The Kier molecular flexibility index (Phi) is 3.78. The zero-order chi connectivity index (χ0) is 13.9. The predicted octanol–water partition coefficient (Wildman–Crippen LogP) is 3.12. The van der Waals surface area contributed by atoms with Gasteiger partial charge < -0.3 is 9.84 Å². The zero-order valence-corrected chi connectivity index (χ0v) is 11.5. The van der Waals surface area contributed by atoms with Crippen molar-refractivity contribution in [1.29, 1.82) is 0 Å². The van der Waals surface area contributed by atoms with Gasteiger partial charge in [0.1, 0.15) is 5.82 Å². The van der Waals surface area contributed by atoms with Crippen LogP contribution in [-0.2, 0) is 0 Å². The summed E-state index contributed by atoms with van der Waals surface area (Å²) in [5.41, 5.74) is 0.395. The largest absolute Gasteiger partial charge is 0.339 e. The smallest absolute Gasteiger partial charge is 0.230 e. The van der Waals surface area contributed by atoms with Crippen molar-refractivity contribution in [3.8, 4) is 11.4 Å². The highest BCUT2D eigenvalue weighted by atomic mass is 19.1. The molecule has 1 aromatic heterocycles. The number of nitrogens with zero attached hydrogens (tertiary/aromatic N) is 2. The lowest BCUT2D eigenvalue weighted by molar-refractivity contribution is 0.288. The number of benzene rings is 1. The second-order valence-corrected chi connectivity index (χ2v) is 5.27. The molecule has 0 atom stereocenters. The third-order valence-electron chi connectivity index (χ3n) is 4.04. The van der Waals surface area contributed by atoms with Crippen LogP contribution in [0.1, 0.15) is 37.5 Å². The molecule has 1 fully saturated rings. The Morgan fingerprint density at radius 2 is 1.95 bits per heavy atom. The van der Waals surface area contributed by atoms with E-state index >= 15 is 0 Å². The van der Waals surface area contributed by atoms with E-state index in [1.54, 1.807) is 18.2 Å². The molecule has 1 saturated carbocycles. The first kappa shape index (κ1) is 13.2. The van der Waals surface area contributed by atoms with E-state index in [1.807, 2.05) is 7.05 Å². The third kappa shape index (κ3) is 2.58. The lowest BCUT2D eigenvalue weighted by atomic mass is 9.86. The Hall–Kier alpha value is -1.75. The van der Waals surface area contributed by atoms with Crippen molar-refractivity contribution in [2.24, 2.45) is 0 Å². The summed E-state index contributed by atoms with van der Waals surface area (Å²) in [6.45, 7) is 0. The average molecular weight is 275 g/mol. The van der Waals surface area contributed by atoms with E-state index in [0.29, 0.717) is 29.2 Å². The first-order valence-electron chi connectivity index (χ1n) is 7.03. The summed E-state index contributed by atoms with van der Waals surface area (Å²) < 4.78 is 19.0. The van der Waals surface area contributed by atoms with Gasteiger partial charge in [-0.25, -0.2) is 4.39 Å². The van der Waals surface area contributed by atoms with Gasteiger partial charge in [-0.15, -0.1) is 0 Å². The van der Waals surface area contributed by atoms with Gasteiger partial charge in [-0.2, -0.15) is 4.98 Å². The number of rotatable bonds is 3. The van der Waals surface area contributed by atoms with Gasteiger partial charge in [-0.3, -0.25) is 0 Å². The fraction of sp³-hybridized carbons (Fsp3) is 0.467. The Morgan fingerprint density at radius 3 is 2.65 bits per heavy atom. The predicted molar refractivity (Wildman–Crippen MR) is 73.7 cm³/mol. The second kappa shape index (κ2) is 5.71. The van der Waals surface area contributed by atoms with Crippen molar-refractivity contribution in [3.63, 3.8) is 0 Å².